The lowest BCUT2D eigenvalue weighted by Gasteiger charge is -2.42. The molecule has 2 heterocycles. The average Bonchev–Trinajstić information content (AvgIpc) is 2.93. The van der Waals surface area contributed by atoms with Gasteiger partial charge in [0, 0.05) is 38.4 Å². The summed E-state index contributed by atoms with van der Waals surface area (Å²) in [5, 5.41) is 3.91. The van der Waals surface area contributed by atoms with Gasteiger partial charge in [-0.25, -0.2) is 13.1 Å². The average molecular weight is 316 g/mol. The van der Waals surface area contributed by atoms with Crippen molar-refractivity contribution in [2.24, 2.45) is 7.05 Å². The molecule has 1 aromatic rings. The van der Waals surface area contributed by atoms with Crippen LogP contribution >= 0.6 is 0 Å². The minimum Gasteiger partial charge on any atom is -0.379 e. The van der Waals surface area contributed by atoms with Gasteiger partial charge in [0.25, 0.3) is 0 Å². The molecule has 0 bridgehead atoms. The molecule has 0 aliphatic carbocycles. The van der Waals surface area contributed by atoms with Gasteiger partial charge in [0.15, 0.2) is 0 Å². The summed E-state index contributed by atoms with van der Waals surface area (Å²) in [6.45, 7) is 7.60. The first-order chi connectivity index (χ1) is 9.87. The first-order valence-corrected chi connectivity index (χ1v) is 8.67. The van der Waals surface area contributed by atoms with E-state index in [1.54, 1.807) is 7.05 Å². The molecule has 1 saturated heterocycles. The fraction of sp³-hybridized carbons (Fsp3) is 0.769. The van der Waals surface area contributed by atoms with Gasteiger partial charge in [-0.1, -0.05) is 6.92 Å². The lowest BCUT2D eigenvalue weighted by atomic mass is 9.96. The number of morpholine rings is 1. The van der Waals surface area contributed by atoms with Gasteiger partial charge in [0.2, 0.25) is 10.0 Å². The van der Waals surface area contributed by atoms with E-state index in [4.69, 9.17) is 4.74 Å². The van der Waals surface area contributed by atoms with Gasteiger partial charge < -0.3 is 4.74 Å². The highest BCUT2D eigenvalue weighted by molar-refractivity contribution is 7.89. The lowest BCUT2D eigenvalue weighted by molar-refractivity contribution is -0.0157. The maximum absolute atomic E-state index is 12.3. The van der Waals surface area contributed by atoms with E-state index < -0.39 is 10.0 Å². The number of ether oxygens (including phenoxy) is 1. The van der Waals surface area contributed by atoms with Gasteiger partial charge in [-0.05, 0) is 13.3 Å². The van der Waals surface area contributed by atoms with E-state index >= 15 is 0 Å². The summed E-state index contributed by atoms with van der Waals surface area (Å²) in [5.74, 6) is 0. The highest BCUT2D eigenvalue weighted by atomic mass is 32.2. The topological polar surface area (TPSA) is 76.5 Å². The molecule has 1 aliphatic heterocycles. The zero-order chi connectivity index (χ0) is 15.5. The molecule has 0 aromatic carbocycles. The minimum atomic E-state index is -3.51. The molecule has 1 N–H and O–H groups in total. The Kier molecular flexibility index (Phi) is 5.03. The van der Waals surface area contributed by atoms with Crippen LogP contribution in [0.2, 0.25) is 0 Å². The summed E-state index contributed by atoms with van der Waals surface area (Å²) in [5.41, 5.74) is -0.209. The maximum Gasteiger partial charge on any atom is 0.243 e. The smallest absolute Gasteiger partial charge is 0.243 e. The molecule has 1 fully saturated rings. The first kappa shape index (κ1) is 16.4. The van der Waals surface area contributed by atoms with Crippen LogP contribution in [0.5, 0.6) is 0 Å². The summed E-state index contributed by atoms with van der Waals surface area (Å²) < 4.78 is 34.1. The predicted octanol–water partition coefficient (Wildman–Crippen LogP) is 0.199. The zero-order valence-corrected chi connectivity index (χ0v) is 13.7. The van der Waals surface area contributed by atoms with Gasteiger partial charge in [-0.3, -0.25) is 9.58 Å². The highest BCUT2D eigenvalue weighted by Crippen LogP contribution is 2.21. The van der Waals surface area contributed by atoms with Crippen LogP contribution < -0.4 is 4.72 Å². The Bertz CT molecular complexity index is 566. The van der Waals surface area contributed by atoms with Crippen LogP contribution in [0.4, 0.5) is 0 Å². The molecule has 0 amide bonds. The molecule has 2 rings (SSSR count). The molecule has 1 aliphatic rings. The van der Waals surface area contributed by atoms with Gasteiger partial charge in [-0.2, -0.15) is 5.10 Å². The van der Waals surface area contributed by atoms with Crippen LogP contribution in [0, 0.1) is 0 Å². The van der Waals surface area contributed by atoms with Crippen LogP contribution in [0.25, 0.3) is 0 Å². The highest BCUT2D eigenvalue weighted by Gasteiger charge is 2.32. The number of sulfonamides is 1. The molecular formula is C13H24N4O3S. The SMILES string of the molecule is CCC(C)(CNS(=O)(=O)c1cnn(C)c1)N1CCOCC1. The Balaban J connectivity index is 2.05. The molecule has 1 atom stereocenters. The van der Waals surface area contributed by atoms with E-state index in [9.17, 15) is 8.42 Å². The van der Waals surface area contributed by atoms with Gasteiger partial charge >= 0.3 is 0 Å². The van der Waals surface area contributed by atoms with Gasteiger partial charge in [0.05, 0.1) is 19.4 Å². The second kappa shape index (κ2) is 6.43. The van der Waals surface area contributed by atoms with Crippen molar-refractivity contribution in [3.05, 3.63) is 12.4 Å². The first-order valence-electron chi connectivity index (χ1n) is 7.18. The summed E-state index contributed by atoms with van der Waals surface area (Å²) in [7, 11) is -1.82. The van der Waals surface area contributed by atoms with Gasteiger partial charge in [0.1, 0.15) is 4.90 Å². The van der Waals surface area contributed by atoms with E-state index in [0.29, 0.717) is 19.8 Å². The monoisotopic (exact) mass is 316 g/mol. The Labute approximate surface area is 126 Å². The third kappa shape index (κ3) is 3.82. The Hall–Kier alpha value is -0.960. The number of rotatable bonds is 6. The van der Waals surface area contributed by atoms with E-state index in [-0.39, 0.29) is 10.4 Å². The van der Waals surface area contributed by atoms with Crippen LogP contribution in [0.3, 0.4) is 0 Å². The van der Waals surface area contributed by atoms with Crippen molar-refractivity contribution in [2.75, 3.05) is 32.8 Å². The fourth-order valence-corrected chi connectivity index (χ4v) is 3.58. The number of aromatic nitrogens is 2. The van der Waals surface area contributed by atoms with Crippen molar-refractivity contribution in [1.29, 1.82) is 0 Å². The molecular weight excluding hydrogens is 292 g/mol. The van der Waals surface area contributed by atoms with Crippen molar-refractivity contribution >= 4 is 10.0 Å². The van der Waals surface area contributed by atoms with Crippen molar-refractivity contribution in [2.45, 2.75) is 30.7 Å². The summed E-state index contributed by atoms with van der Waals surface area (Å²) in [4.78, 5) is 2.49. The molecule has 21 heavy (non-hydrogen) atoms. The maximum atomic E-state index is 12.3. The van der Waals surface area contributed by atoms with Crippen LogP contribution in [0.1, 0.15) is 20.3 Å². The fourth-order valence-electron chi connectivity index (χ4n) is 2.43. The summed E-state index contributed by atoms with van der Waals surface area (Å²) in [6, 6.07) is 0. The summed E-state index contributed by atoms with van der Waals surface area (Å²) >= 11 is 0. The quantitative estimate of drug-likeness (QED) is 0.811. The van der Waals surface area contributed by atoms with Crippen molar-refractivity contribution in [3.63, 3.8) is 0 Å². The number of nitrogens with zero attached hydrogens (tertiary/aromatic N) is 3. The van der Waals surface area contributed by atoms with E-state index in [1.165, 1.54) is 17.1 Å². The third-order valence-electron chi connectivity index (χ3n) is 4.17. The second-order valence-corrected chi connectivity index (χ2v) is 7.39. The third-order valence-corrected chi connectivity index (χ3v) is 5.53. The lowest BCUT2D eigenvalue weighted by Crippen LogP contribution is -2.56. The molecule has 1 unspecified atom stereocenters. The zero-order valence-electron chi connectivity index (χ0n) is 12.9. The molecule has 0 saturated carbocycles. The number of hydrogen-bond acceptors (Lipinski definition) is 5. The molecule has 7 nitrogen and oxygen atoms in total. The van der Waals surface area contributed by atoms with Gasteiger partial charge in [-0.15, -0.1) is 0 Å². The largest absolute Gasteiger partial charge is 0.379 e. The molecule has 0 radical (unpaired) electrons. The van der Waals surface area contributed by atoms with Crippen molar-refractivity contribution in [3.8, 4) is 0 Å². The van der Waals surface area contributed by atoms with E-state index in [0.717, 1.165) is 19.5 Å². The van der Waals surface area contributed by atoms with E-state index in [1.807, 2.05) is 0 Å². The number of hydrogen-bond donors (Lipinski definition) is 1. The Morgan fingerprint density at radius 3 is 2.62 bits per heavy atom. The normalized spacial score (nSPS) is 20.3. The second-order valence-electron chi connectivity index (χ2n) is 5.62. The molecule has 1 aromatic heterocycles. The Morgan fingerprint density at radius 2 is 2.10 bits per heavy atom. The van der Waals surface area contributed by atoms with Crippen LogP contribution in [-0.2, 0) is 21.8 Å². The van der Waals surface area contributed by atoms with Crippen LogP contribution in [-0.4, -0.2) is 61.5 Å². The van der Waals surface area contributed by atoms with Crippen molar-refractivity contribution in [1.82, 2.24) is 19.4 Å². The predicted molar refractivity (Wildman–Crippen MR) is 79.5 cm³/mol. The minimum absolute atomic E-state index is 0.199. The van der Waals surface area contributed by atoms with Crippen LogP contribution in [0.15, 0.2) is 17.3 Å². The number of aryl methyl sites for hydroxylation is 1. The molecule has 120 valence electrons. The standard InChI is InChI=1S/C13H24N4O3S/c1-4-13(2,17-5-7-20-8-6-17)11-15-21(18,19)12-9-14-16(3)10-12/h9-10,15H,4-8,11H2,1-3H3. The molecule has 8 heteroatoms. The van der Waals surface area contributed by atoms with Crippen molar-refractivity contribution < 1.29 is 13.2 Å². The Morgan fingerprint density at radius 1 is 1.43 bits per heavy atom. The summed E-state index contributed by atoms with van der Waals surface area (Å²) in [6.07, 6.45) is 3.73. The number of nitrogens with one attached hydrogen (secondary N) is 1. The van der Waals surface area contributed by atoms with E-state index in [2.05, 4.69) is 28.6 Å². The molecule has 0 spiro atoms.